The van der Waals surface area contributed by atoms with E-state index in [1.165, 1.54) is 38.5 Å². The van der Waals surface area contributed by atoms with Crippen LogP contribution < -0.4 is 5.32 Å². The van der Waals surface area contributed by atoms with Crippen LogP contribution in [0.2, 0.25) is 0 Å². The van der Waals surface area contributed by atoms with Crippen LogP contribution in [0.4, 0.5) is 0 Å². The monoisotopic (exact) mass is 235 g/mol. The van der Waals surface area contributed by atoms with Crippen molar-refractivity contribution in [2.75, 3.05) is 20.1 Å². The molecule has 0 amide bonds. The van der Waals surface area contributed by atoms with Gasteiger partial charge < -0.3 is 4.90 Å². The van der Waals surface area contributed by atoms with E-state index in [4.69, 9.17) is 0 Å². The summed E-state index contributed by atoms with van der Waals surface area (Å²) in [5.74, 6) is 0.595. The first-order valence-corrected chi connectivity index (χ1v) is 7.07. The van der Waals surface area contributed by atoms with Gasteiger partial charge in [0.2, 0.25) is 0 Å². The Labute approximate surface area is 105 Å². The Morgan fingerprint density at radius 2 is 2.06 bits per heavy atom. The first-order chi connectivity index (χ1) is 8.20. The first kappa shape index (κ1) is 12.9. The fourth-order valence-corrected chi connectivity index (χ4v) is 2.55. The average molecular weight is 235 g/mol. The molecule has 0 aromatic heterocycles. The number of nitrogens with one attached hydrogen (secondary N) is 1. The highest BCUT2D eigenvalue weighted by molar-refractivity contribution is 5.18. The van der Waals surface area contributed by atoms with E-state index in [1.54, 1.807) is 0 Å². The van der Waals surface area contributed by atoms with Gasteiger partial charge in [0.25, 0.3) is 0 Å². The lowest BCUT2D eigenvalue weighted by Crippen LogP contribution is -2.54. The topological polar surface area (TPSA) is 39.1 Å². The molecule has 0 spiro atoms. The molecule has 1 N–H and O–H groups in total. The highest BCUT2D eigenvalue weighted by atomic mass is 15.2. The standard InChI is InChI=1S/C14H25N3/c1-3-4-9-17(2)11-14(10-15,12-5-6-12)16-13-7-8-13/h12-13,16H,3-9,11H2,1-2H3. The second-order valence-electron chi connectivity index (χ2n) is 5.87. The van der Waals surface area contributed by atoms with Crippen molar-refractivity contribution in [3.63, 3.8) is 0 Å². The highest BCUT2D eigenvalue weighted by Crippen LogP contribution is 2.41. The Kier molecular flexibility index (Phi) is 4.06. The predicted octanol–water partition coefficient (Wildman–Crippen LogP) is 2.14. The van der Waals surface area contributed by atoms with E-state index in [1.807, 2.05) is 0 Å². The number of hydrogen-bond donors (Lipinski definition) is 1. The Morgan fingerprint density at radius 1 is 1.35 bits per heavy atom. The fourth-order valence-electron chi connectivity index (χ4n) is 2.55. The van der Waals surface area contributed by atoms with Crippen molar-refractivity contribution in [3.8, 4) is 6.07 Å². The number of nitriles is 1. The molecule has 2 aliphatic carbocycles. The third-order valence-corrected chi connectivity index (χ3v) is 3.93. The minimum absolute atomic E-state index is 0.260. The molecule has 2 fully saturated rings. The van der Waals surface area contributed by atoms with Gasteiger partial charge in [0, 0.05) is 12.6 Å². The van der Waals surface area contributed by atoms with Gasteiger partial charge in [-0.15, -0.1) is 0 Å². The molecule has 3 heteroatoms. The van der Waals surface area contributed by atoms with Crippen molar-refractivity contribution in [3.05, 3.63) is 0 Å². The average Bonchev–Trinajstić information content (AvgIpc) is 3.15. The molecular weight excluding hydrogens is 210 g/mol. The largest absolute Gasteiger partial charge is 0.303 e. The molecule has 2 rings (SSSR count). The summed E-state index contributed by atoms with van der Waals surface area (Å²) < 4.78 is 0. The van der Waals surface area contributed by atoms with Gasteiger partial charge in [-0.05, 0) is 51.6 Å². The summed E-state index contributed by atoms with van der Waals surface area (Å²) in [6.45, 7) is 4.22. The Hall–Kier alpha value is -0.590. The van der Waals surface area contributed by atoms with E-state index < -0.39 is 0 Å². The normalized spacial score (nSPS) is 23.4. The molecule has 1 atom stereocenters. The Bertz CT molecular complexity index is 288. The van der Waals surface area contributed by atoms with Gasteiger partial charge in [-0.3, -0.25) is 5.32 Å². The molecule has 0 saturated heterocycles. The summed E-state index contributed by atoms with van der Waals surface area (Å²) >= 11 is 0. The van der Waals surface area contributed by atoms with Gasteiger partial charge in [0.05, 0.1) is 6.07 Å². The van der Waals surface area contributed by atoms with E-state index in [9.17, 15) is 5.26 Å². The predicted molar refractivity (Wildman–Crippen MR) is 69.6 cm³/mol. The van der Waals surface area contributed by atoms with Gasteiger partial charge in [-0.25, -0.2) is 0 Å². The summed E-state index contributed by atoms with van der Waals surface area (Å²) in [5.41, 5.74) is -0.260. The number of unbranched alkanes of at least 4 members (excludes halogenated alkanes) is 1. The third kappa shape index (κ3) is 3.43. The van der Waals surface area contributed by atoms with Crippen LogP contribution >= 0.6 is 0 Å². The van der Waals surface area contributed by atoms with Crippen LogP contribution in [0.15, 0.2) is 0 Å². The molecule has 2 saturated carbocycles. The van der Waals surface area contributed by atoms with Crippen molar-refractivity contribution < 1.29 is 0 Å². The molecule has 3 nitrogen and oxygen atoms in total. The zero-order valence-corrected chi connectivity index (χ0v) is 11.2. The first-order valence-electron chi connectivity index (χ1n) is 7.07. The molecule has 96 valence electrons. The molecule has 17 heavy (non-hydrogen) atoms. The lowest BCUT2D eigenvalue weighted by Gasteiger charge is -2.32. The Morgan fingerprint density at radius 3 is 2.53 bits per heavy atom. The summed E-state index contributed by atoms with van der Waals surface area (Å²) in [6, 6.07) is 3.22. The number of rotatable bonds is 8. The smallest absolute Gasteiger partial charge is 0.122 e. The van der Waals surface area contributed by atoms with Crippen molar-refractivity contribution in [1.82, 2.24) is 10.2 Å². The summed E-state index contributed by atoms with van der Waals surface area (Å²) in [7, 11) is 2.15. The SMILES string of the molecule is CCCCN(C)CC(C#N)(NC1CC1)C1CC1. The van der Waals surface area contributed by atoms with Crippen LogP contribution in [0.3, 0.4) is 0 Å². The maximum atomic E-state index is 9.60. The lowest BCUT2D eigenvalue weighted by atomic mass is 9.94. The molecule has 0 aromatic rings. The van der Waals surface area contributed by atoms with Crippen LogP contribution in [0.5, 0.6) is 0 Å². The van der Waals surface area contributed by atoms with Crippen molar-refractivity contribution in [1.29, 1.82) is 5.26 Å². The van der Waals surface area contributed by atoms with E-state index >= 15 is 0 Å². The van der Waals surface area contributed by atoms with E-state index in [-0.39, 0.29) is 5.54 Å². The maximum Gasteiger partial charge on any atom is 0.122 e. The number of likely N-dealkylation sites (N-methyl/N-ethyl adjacent to an activating group) is 1. The summed E-state index contributed by atoms with van der Waals surface area (Å²) in [6.07, 6.45) is 7.43. The van der Waals surface area contributed by atoms with E-state index in [0.717, 1.165) is 13.1 Å². The van der Waals surface area contributed by atoms with Gasteiger partial charge in [-0.1, -0.05) is 13.3 Å². The van der Waals surface area contributed by atoms with Crippen molar-refractivity contribution >= 4 is 0 Å². The molecule has 0 radical (unpaired) electrons. The minimum atomic E-state index is -0.260. The van der Waals surface area contributed by atoms with E-state index in [2.05, 4.69) is 30.3 Å². The Balaban J connectivity index is 1.91. The van der Waals surface area contributed by atoms with Gasteiger partial charge in [0.15, 0.2) is 0 Å². The molecule has 2 aliphatic rings. The molecule has 0 aromatic carbocycles. The summed E-state index contributed by atoms with van der Waals surface area (Å²) in [4.78, 5) is 2.33. The minimum Gasteiger partial charge on any atom is -0.303 e. The number of hydrogen-bond acceptors (Lipinski definition) is 3. The third-order valence-electron chi connectivity index (χ3n) is 3.93. The molecular formula is C14H25N3. The van der Waals surface area contributed by atoms with Crippen molar-refractivity contribution in [2.24, 2.45) is 5.92 Å². The summed E-state index contributed by atoms with van der Waals surface area (Å²) in [5, 5.41) is 13.2. The zero-order chi connectivity index (χ0) is 12.3. The second kappa shape index (κ2) is 5.37. The molecule has 0 aliphatic heterocycles. The molecule has 1 unspecified atom stereocenters. The van der Waals surface area contributed by atoms with Crippen molar-refractivity contribution in [2.45, 2.75) is 57.0 Å². The maximum absolute atomic E-state index is 9.60. The molecule has 0 bridgehead atoms. The van der Waals surface area contributed by atoms with Crippen LogP contribution in [0.25, 0.3) is 0 Å². The van der Waals surface area contributed by atoms with Gasteiger partial charge in [0.1, 0.15) is 5.54 Å². The highest BCUT2D eigenvalue weighted by Gasteiger charge is 2.48. The zero-order valence-electron chi connectivity index (χ0n) is 11.2. The van der Waals surface area contributed by atoms with Gasteiger partial charge >= 0.3 is 0 Å². The second-order valence-corrected chi connectivity index (χ2v) is 5.87. The van der Waals surface area contributed by atoms with Gasteiger partial charge in [-0.2, -0.15) is 5.26 Å². The van der Waals surface area contributed by atoms with E-state index in [0.29, 0.717) is 12.0 Å². The van der Waals surface area contributed by atoms with Crippen LogP contribution in [0.1, 0.15) is 45.4 Å². The number of nitrogens with zero attached hydrogens (tertiary/aromatic N) is 2. The quantitative estimate of drug-likeness (QED) is 0.700. The van der Waals surface area contributed by atoms with Crippen LogP contribution in [0, 0.1) is 17.2 Å². The van der Waals surface area contributed by atoms with Crippen LogP contribution in [-0.2, 0) is 0 Å². The van der Waals surface area contributed by atoms with Crippen LogP contribution in [-0.4, -0.2) is 36.6 Å². The fraction of sp³-hybridized carbons (Fsp3) is 0.929. The lowest BCUT2D eigenvalue weighted by molar-refractivity contribution is 0.224. The molecule has 0 heterocycles.